The van der Waals surface area contributed by atoms with E-state index in [4.69, 9.17) is 0 Å². The fraction of sp³-hybridized carbons (Fsp3) is 1.00. The average Bonchev–Trinajstić information content (AvgIpc) is 2.55. The molecular formula is C8H15IP2. The van der Waals surface area contributed by atoms with Crippen LogP contribution in [0, 0.1) is 0 Å². The first kappa shape index (κ1) is 9.16. The van der Waals surface area contributed by atoms with Gasteiger partial charge in [0.15, 0.2) is 0 Å². The second-order valence-electron chi connectivity index (χ2n) is 3.54. The zero-order chi connectivity index (χ0) is 7.68. The molecule has 2 rings (SSSR count). The number of hydrogen-bond donors (Lipinski definition) is 0. The summed E-state index contributed by atoms with van der Waals surface area (Å²) in [5.41, 5.74) is 2.81. The zero-order valence-corrected chi connectivity index (χ0v) is 10.8. The Morgan fingerprint density at radius 2 is 2.18 bits per heavy atom. The van der Waals surface area contributed by atoms with Crippen LogP contribution in [0.3, 0.4) is 0 Å². The van der Waals surface area contributed by atoms with E-state index in [0.29, 0.717) is 5.56 Å². The van der Waals surface area contributed by atoms with Gasteiger partial charge >= 0.3 is 0 Å². The first-order chi connectivity index (χ1) is 5.38. The summed E-state index contributed by atoms with van der Waals surface area (Å²) in [4.78, 5) is 0. The van der Waals surface area contributed by atoms with Crippen LogP contribution >= 0.6 is 36.2 Å². The van der Waals surface area contributed by atoms with Gasteiger partial charge in [-0.25, -0.2) is 0 Å². The molecular weight excluding hydrogens is 285 g/mol. The van der Waals surface area contributed by atoms with E-state index in [2.05, 4.69) is 22.0 Å². The maximum absolute atomic E-state index is 2.75. The summed E-state index contributed by atoms with van der Waals surface area (Å²) < 4.78 is 0. The van der Waals surface area contributed by atoms with E-state index in [0.717, 1.165) is 0 Å². The molecule has 3 unspecified atom stereocenters. The molecule has 0 aromatic rings. The van der Waals surface area contributed by atoms with E-state index in [9.17, 15) is 0 Å². The number of rotatable bonds is 1. The minimum Gasteiger partial charge on any atom is -0.118 e. The van der Waals surface area contributed by atoms with Crippen LogP contribution in [0.1, 0.15) is 25.7 Å². The molecule has 0 aromatic heterocycles. The first-order valence-electron chi connectivity index (χ1n) is 4.54. The molecule has 64 valence electrons. The van der Waals surface area contributed by atoms with E-state index in [-0.39, 0.29) is 0 Å². The van der Waals surface area contributed by atoms with Crippen LogP contribution in [0.4, 0.5) is 0 Å². The predicted molar refractivity (Wildman–Crippen MR) is 65.0 cm³/mol. The monoisotopic (exact) mass is 300 g/mol. The second-order valence-corrected chi connectivity index (χ2v) is 10.8. The summed E-state index contributed by atoms with van der Waals surface area (Å²) in [5, 5.41) is 0. The summed E-state index contributed by atoms with van der Waals surface area (Å²) in [6, 6.07) is 0. The number of halogens is 1. The molecule has 2 heterocycles. The highest BCUT2D eigenvalue weighted by Crippen LogP contribution is 2.61. The standard InChI is InChI=1S/C8H15IP2/c9-11-6-2-4-8(11)7-3-1-5-10-7/h7-8,10H,1-6H2/t7-,8?,11?/m1/s1. The van der Waals surface area contributed by atoms with Crippen molar-refractivity contribution < 1.29 is 0 Å². The third-order valence-corrected chi connectivity index (χ3v) is 10.6. The van der Waals surface area contributed by atoms with E-state index in [1.807, 2.05) is 0 Å². The van der Waals surface area contributed by atoms with Crippen LogP contribution in [0.2, 0.25) is 0 Å². The van der Waals surface area contributed by atoms with Crippen molar-refractivity contribution in [1.82, 2.24) is 0 Å². The van der Waals surface area contributed by atoms with Crippen LogP contribution < -0.4 is 0 Å². The Bertz CT molecular complexity index is 134. The van der Waals surface area contributed by atoms with Crippen molar-refractivity contribution in [3.8, 4) is 0 Å². The van der Waals surface area contributed by atoms with E-state index in [1.165, 1.54) is 19.9 Å². The van der Waals surface area contributed by atoms with Gasteiger partial charge in [0.1, 0.15) is 0 Å². The Kier molecular flexibility index (Phi) is 3.50. The SMILES string of the molecule is IP1CCCC1[C@H]1CCCP1. The summed E-state index contributed by atoms with van der Waals surface area (Å²) in [6.45, 7) is 0. The molecule has 2 fully saturated rings. The number of hydrogen-bond acceptors (Lipinski definition) is 0. The summed E-state index contributed by atoms with van der Waals surface area (Å²) >= 11 is 2.75. The van der Waals surface area contributed by atoms with Crippen molar-refractivity contribution in [2.75, 3.05) is 12.3 Å². The van der Waals surface area contributed by atoms with E-state index < -0.39 is 0 Å². The Balaban J connectivity index is 1.92. The van der Waals surface area contributed by atoms with Gasteiger partial charge in [0.2, 0.25) is 0 Å². The molecule has 0 nitrogen and oxygen atoms in total. The molecule has 11 heavy (non-hydrogen) atoms. The lowest BCUT2D eigenvalue weighted by atomic mass is 10.1. The molecule has 0 aliphatic carbocycles. The van der Waals surface area contributed by atoms with Crippen molar-refractivity contribution >= 4 is 36.2 Å². The van der Waals surface area contributed by atoms with Gasteiger partial charge in [-0.15, -0.1) is 8.58 Å². The molecule has 0 saturated carbocycles. The summed E-state index contributed by atoms with van der Waals surface area (Å²) in [7, 11) is 1.33. The lowest BCUT2D eigenvalue weighted by Crippen LogP contribution is -2.12. The van der Waals surface area contributed by atoms with Crippen molar-refractivity contribution in [2.45, 2.75) is 37.0 Å². The van der Waals surface area contributed by atoms with Crippen LogP contribution in [0.5, 0.6) is 0 Å². The van der Waals surface area contributed by atoms with Crippen molar-refractivity contribution in [2.24, 2.45) is 0 Å². The summed E-state index contributed by atoms with van der Waals surface area (Å²) in [6.07, 6.45) is 9.36. The predicted octanol–water partition coefficient (Wildman–Crippen LogP) is 3.82. The normalized spacial score (nSPS) is 47.2. The van der Waals surface area contributed by atoms with Crippen molar-refractivity contribution in [3.05, 3.63) is 0 Å². The van der Waals surface area contributed by atoms with E-state index >= 15 is 0 Å². The highest BCUT2D eigenvalue weighted by Gasteiger charge is 2.33. The second kappa shape index (κ2) is 4.20. The molecule has 0 radical (unpaired) electrons. The fourth-order valence-corrected chi connectivity index (χ4v) is 10.4. The van der Waals surface area contributed by atoms with Gasteiger partial charge in [-0.05, 0) is 54.9 Å². The van der Waals surface area contributed by atoms with Crippen molar-refractivity contribution in [1.29, 1.82) is 0 Å². The molecule has 0 spiro atoms. The van der Waals surface area contributed by atoms with Gasteiger partial charge < -0.3 is 0 Å². The van der Waals surface area contributed by atoms with Gasteiger partial charge in [0, 0.05) is 0 Å². The van der Waals surface area contributed by atoms with Crippen LogP contribution in [-0.4, -0.2) is 23.6 Å². The Morgan fingerprint density at radius 3 is 2.73 bits per heavy atom. The lowest BCUT2D eigenvalue weighted by Gasteiger charge is -2.20. The van der Waals surface area contributed by atoms with Crippen LogP contribution in [0.25, 0.3) is 0 Å². The summed E-state index contributed by atoms with van der Waals surface area (Å²) in [5.74, 6) is 0. The molecule has 2 aliphatic rings. The first-order valence-corrected chi connectivity index (χ1v) is 10.2. The van der Waals surface area contributed by atoms with Gasteiger partial charge in [-0.1, -0.05) is 22.0 Å². The van der Waals surface area contributed by atoms with Gasteiger partial charge in [-0.3, -0.25) is 0 Å². The maximum Gasteiger partial charge on any atom is -0.00533 e. The largest absolute Gasteiger partial charge is 0.118 e. The molecule has 4 atom stereocenters. The Labute approximate surface area is 85.3 Å². The average molecular weight is 300 g/mol. The minimum absolute atomic E-state index is 0.437. The molecule has 3 heteroatoms. The molecule has 2 aliphatic heterocycles. The van der Waals surface area contributed by atoms with Crippen LogP contribution in [0.15, 0.2) is 0 Å². The molecule has 2 saturated heterocycles. The Hall–Kier alpha value is 1.59. The van der Waals surface area contributed by atoms with Gasteiger partial charge in [0.25, 0.3) is 0 Å². The van der Waals surface area contributed by atoms with Gasteiger partial charge in [-0.2, -0.15) is 0 Å². The lowest BCUT2D eigenvalue weighted by molar-refractivity contribution is 0.699. The third kappa shape index (κ3) is 2.09. The smallest absolute Gasteiger partial charge is 0.00533 e. The Morgan fingerprint density at radius 1 is 1.27 bits per heavy atom. The fourth-order valence-electron chi connectivity index (χ4n) is 2.19. The van der Waals surface area contributed by atoms with Crippen molar-refractivity contribution in [3.63, 3.8) is 0 Å². The van der Waals surface area contributed by atoms with Crippen LogP contribution in [-0.2, 0) is 0 Å². The highest BCUT2D eigenvalue weighted by molar-refractivity contribution is 14.2. The minimum atomic E-state index is 0.437. The zero-order valence-electron chi connectivity index (χ0n) is 6.72. The van der Waals surface area contributed by atoms with Gasteiger partial charge in [0.05, 0.1) is 0 Å². The quantitative estimate of drug-likeness (QED) is 0.510. The topological polar surface area (TPSA) is 0 Å². The molecule has 0 bridgehead atoms. The molecule has 0 amide bonds. The molecule has 0 aromatic carbocycles. The third-order valence-electron chi connectivity index (χ3n) is 2.79. The highest BCUT2D eigenvalue weighted by atomic mass is 127. The maximum atomic E-state index is 2.75. The van der Waals surface area contributed by atoms with E-state index in [1.54, 1.807) is 38.0 Å². The molecule has 0 N–H and O–H groups in total.